The molecule has 0 aliphatic carbocycles. The van der Waals surface area contributed by atoms with Crippen LogP contribution in [-0.4, -0.2) is 17.4 Å². The summed E-state index contributed by atoms with van der Waals surface area (Å²) in [7, 11) is 0. The quantitative estimate of drug-likeness (QED) is 0.855. The topological polar surface area (TPSA) is 39.2 Å². The SMILES string of the molecule is O=C(Cc1cccnc1)CC1OCCc2ccccc21. The molecular formula is C17H17NO2. The van der Waals surface area contributed by atoms with Crippen LogP contribution in [0, 0.1) is 0 Å². The van der Waals surface area contributed by atoms with Gasteiger partial charge in [-0.15, -0.1) is 0 Å². The zero-order chi connectivity index (χ0) is 13.8. The monoisotopic (exact) mass is 267 g/mol. The second kappa shape index (κ2) is 5.97. The molecule has 3 nitrogen and oxygen atoms in total. The Balaban J connectivity index is 1.68. The van der Waals surface area contributed by atoms with Crippen LogP contribution in [-0.2, 0) is 22.4 Å². The molecule has 0 saturated heterocycles. The number of benzene rings is 1. The second-order valence-electron chi connectivity index (χ2n) is 5.09. The van der Waals surface area contributed by atoms with Crippen LogP contribution >= 0.6 is 0 Å². The van der Waals surface area contributed by atoms with Crippen molar-refractivity contribution in [2.45, 2.75) is 25.4 Å². The van der Waals surface area contributed by atoms with E-state index < -0.39 is 0 Å². The molecule has 0 N–H and O–H groups in total. The highest BCUT2D eigenvalue weighted by atomic mass is 16.5. The van der Waals surface area contributed by atoms with Crippen molar-refractivity contribution in [1.29, 1.82) is 0 Å². The van der Waals surface area contributed by atoms with Gasteiger partial charge in [-0.25, -0.2) is 0 Å². The molecule has 0 spiro atoms. The van der Waals surface area contributed by atoms with Gasteiger partial charge in [0.1, 0.15) is 5.78 Å². The predicted molar refractivity (Wildman–Crippen MR) is 76.4 cm³/mol. The summed E-state index contributed by atoms with van der Waals surface area (Å²) in [5.41, 5.74) is 3.43. The molecular weight excluding hydrogens is 250 g/mol. The molecule has 0 amide bonds. The molecule has 1 aromatic carbocycles. The van der Waals surface area contributed by atoms with Gasteiger partial charge in [0.15, 0.2) is 0 Å². The molecule has 0 bridgehead atoms. The number of ketones is 1. The van der Waals surface area contributed by atoms with Crippen LogP contribution in [0.25, 0.3) is 0 Å². The number of rotatable bonds is 4. The number of ether oxygens (including phenoxy) is 1. The van der Waals surface area contributed by atoms with Gasteiger partial charge in [-0.2, -0.15) is 0 Å². The lowest BCUT2D eigenvalue weighted by Crippen LogP contribution is -2.19. The number of carbonyl (C=O) groups excluding carboxylic acids is 1. The Hall–Kier alpha value is -2.00. The minimum absolute atomic E-state index is 0.0934. The predicted octanol–water partition coefficient (Wildman–Crippen LogP) is 2.90. The summed E-state index contributed by atoms with van der Waals surface area (Å²) in [4.78, 5) is 16.2. The van der Waals surface area contributed by atoms with Crippen LogP contribution in [0.1, 0.15) is 29.2 Å². The average molecular weight is 267 g/mol. The van der Waals surface area contributed by atoms with Gasteiger partial charge in [-0.05, 0) is 29.2 Å². The van der Waals surface area contributed by atoms with E-state index in [9.17, 15) is 4.79 Å². The molecule has 3 rings (SSSR count). The van der Waals surface area contributed by atoms with Crippen LogP contribution in [0.15, 0.2) is 48.8 Å². The first-order valence-electron chi connectivity index (χ1n) is 6.93. The van der Waals surface area contributed by atoms with Gasteiger partial charge in [-0.1, -0.05) is 30.3 Å². The normalized spacial score (nSPS) is 17.5. The van der Waals surface area contributed by atoms with E-state index >= 15 is 0 Å². The lowest BCUT2D eigenvalue weighted by molar-refractivity contribution is -0.121. The highest BCUT2D eigenvalue weighted by molar-refractivity contribution is 5.81. The number of aromatic nitrogens is 1. The number of carbonyl (C=O) groups is 1. The molecule has 0 radical (unpaired) electrons. The molecule has 102 valence electrons. The van der Waals surface area contributed by atoms with E-state index in [1.807, 2.05) is 24.3 Å². The summed E-state index contributed by atoms with van der Waals surface area (Å²) in [6.45, 7) is 0.696. The lowest BCUT2D eigenvalue weighted by atomic mass is 9.93. The average Bonchev–Trinajstić information content (AvgIpc) is 2.48. The minimum atomic E-state index is -0.0934. The Morgan fingerprint density at radius 3 is 3.00 bits per heavy atom. The fraction of sp³-hybridized carbons (Fsp3) is 0.294. The Kier molecular flexibility index (Phi) is 3.88. The molecule has 1 aliphatic rings. The maximum absolute atomic E-state index is 12.2. The number of hydrogen-bond acceptors (Lipinski definition) is 3. The van der Waals surface area contributed by atoms with Crippen molar-refractivity contribution < 1.29 is 9.53 Å². The number of hydrogen-bond donors (Lipinski definition) is 0. The van der Waals surface area contributed by atoms with Crippen LogP contribution in [0.2, 0.25) is 0 Å². The largest absolute Gasteiger partial charge is 0.373 e. The summed E-state index contributed by atoms with van der Waals surface area (Å²) in [6.07, 6.45) is 5.16. The van der Waals surface area contributed by atoms with Crippen molar-refractivity contribution in [2.75, 3.05) is 6.61 Å². The molecule has 3 heteroatoms. The fourth-order valence-corrected chi connectivity index (χ4v) is 2.66. The number of Topliss-reactive ketones (excluding diaryl/α,β-unsaturated/α-hetero) is 1. The van der Waals surface area contributed by atoms with E-state index in [-0.39, 0.29) is 11.9 Å². The molecule has 20 heavy (non-hydrogen) atoms. The van der Waals surface area contributed by atoms with E-state index in [4.69, 9.17) is 4.74 Å². The summed E-state index contributed by atoms with van der Waals surface area (Å²) < 4.78 is 5.78. The van der Waals surface area contributed by atoms with Crippen molar-refractivity contribution in [3.05, 3.63) is 65.5 Å². The Morgan fingerprint density at radius 2 is 2.15 bits per heavy atom. The molecule has 1 unspecified atom stereocenters. The first-order valence-corrected chi connectivity index (χ1v) is 6.93. The van der Waals surface area contributed by atoms with Gasteiger partial charge in [-0.3, -0.25) is 9.78 Å². The van der Waals surface area contributed by atoms with Crippen molar-refractivity contribution in [1.82, 2.24) is 4.98 Å². The van der Waals surface area contributed by atoms with Crippen molar-refractivity contribution in [2.24, 2.45) is 0 Å². The summed E-state index contributed by atoms with van der Waals surface area (Å²) in [5, 5.41) is 0. The molecule has 1 aromatic heterocycles. The van der Waals surface area contributed by atoms with E-state index in [0.29, 0.717) is 19.4 Å². The van der Waals surface area contributed by atoms with E-state index in [0.717, 1.165) is 12.0 Å². The molecule has 0 saturated carbocycles. The summed E-state index contributed by atoms with van der Waals surface area (Å²) >= 11 is 0. The van der Waals surface area contributed by atoms with Crippen LogP contribution in [0.4, 0.5) is 0 Å². The maximum Gasteiger partial charge on any atom is 0.140 e. The molecule has 2 aromatic rings. The molecule has 0 fully saturated rings. The number of fused-ring (bicyclic) bond motifs is 1. The van der Waals surface area contributed by atoms with Gasteiger partial charge in [0, 0.05) is 25.2 Å². The van der Waals surface area contributed by atoms with Crippen molar-refractivity contribution >= 4 is 5.78 Å². The highest BCUT2D eigenvalue weighted by Crippen LogP contribution is 2.29. The number of nitrogens with zero attached hydrogens (tertiary/aromatic N) is 1. The van der Waals surface area contributed by atoms with Crippen LogP contribution in [0.5, 0.6) is 0 Å². The zero-order valence-electron chi connectivity index (χ0n) is 11.3. The summed E-state index contributed by atoms with van der Waals surface area (Å²) in [5.74, 6) is 0.194. The maximum atomic E-state index is 12.2. The Labute approximate surface area is 118 Å². The van der Waals surface area contributed by atoms with Crippen molar-refractivity contribution in [3.8, 4) is 0 Å². The first-order chi connectivity index (χ1) is 9.83. The molecule has 2 heterocycles. The molecule has 1 aliphatic heterocycles. The van der Waals surface area contributed by atoms with Crippen LogP contribution < -0.4 is 0 Å². The standard InChI is InChI=1S/C17H17NO2/c19-15(10-13-4-3-8-18-12-13)11-17-16-6-2-1-5-14(16)7-9-20-17/h1-6,8,12,17H,7,9-11H2. The van der Waals surface area contributed by atoms with Gasteiger partial charge >= 0.3 is 0 Å². The fourth-order valence-electron chi connectivity index (χ4n) is 2.66. The summed E-state index contributed by atoms with van der Waals surface area (Å²) in [6, 6.07) is 12.0. The van der Waals surface area contributed by atoms with Gasteiger partial charge in [0.2, 0.25) is 0 Å². The van der Waals surface area contributed by atoms with Crippen LogP contribution in [0.3, 0.4) is 0 Å². The third kappa shape index (κ3) is 2.94. The van der Waals surface area contributed by atoms with E-state index in [1.165, 1.54) is 11.1 Å². The smallest absolute Gasteiger partial charge is 0.140 e. The second-order valence-corrected chi connectivity index (χ2v) is 5.09. The van der Waals surface area contributed by atoms with E-state index in [2.05, 4.69) is 17.1 Å². The zero-order valence-corrected chi connectivity index (χ0v) is 11.3. The van der Waals surface area contributed by atoms with Gasteiger partial charge in [0.25, 0.3) is 0 Å². The first kappa shape index (κ1) is 13.0. The Morgan fingerprint density at radius 1 is 1.25 bits per heavy atom. The van der Waals surface area contributed by atoms with E-state index in [1.54, 1.807) is 12.4 Å². The Bertz CT molecular complexity index is 595. The van der Waals surface area contributed by atoms with Crippen molar-refractivity contribution in [3.63, 3.8) is 0 Å². The molecule has 1 atom stereocenters. The third-order valence-electron chi connectivity index (χ3n) is 3.63. The lowest BCUT2D eigenvalue weighted by Gasteiger charge is -2.25. The van der Waals surface area contributed by atoms with Gasteiger partial charge < -0.3 is 4.74 Å². The van der Waals surface area contributed by atoms with Gasteiger partial charge in [0.05, 0.1) is 12.7 Å². The number of pyridine rings is 1. The minimum Gasteiger partial charge on any atom is -0.373 e. The highest BCUT2D eigenvalue weighted by Gasteiger charge is 2.22. The third-order valence-corrected chi connectivity index (χ3v) is 3.63.